The largest absolute Gasteiger partial charge is 0.326 e. The molecule has 1 unspecified atom stereocenters. The summed E-state index contributed by atoms with van der Waals surface area (Å²) in [5.41, 5.74) is 6.32. The average molecular weight is 278 g/mol. The predicted molar refractivity (Wildman–Crippen MR) is 68.3 cm³/mol. The van der Waals surface area contributed by atoms with Crippen LogP contribution in [0, 0.1) is 0 Å². The Morgan fingerprint density at radius 1 is 1.56 bits per heavy atom. The fourth-order valence-electron chi connectivity index (χ4n) is 1.51. The number of sulfonamides is 1. The van der Waals surface area contributed by atoms with Gasteiger partial charge in [-0.3, -0.25) is 0 Å². The molecule has 0 amide bonds. The molecule has 1 saturated heterocycles. The van der Waals surface area contributed by atoms with E-state index in [4.69, 9.17) is 5.73 Å². The zero-order chi connectivity index (χ0) is 11.6. The lowest BCUT2D eigenvalue weighted by Crippen LogP contribution is -2.34. The van der Waals surface area contributed by atoms with Crippen molar-refractivity contribution >= 4 is 33.1 Å². The molecule has 0 aromatic carbocycles. The van der Waals surface area contributed by atoms with Crippen molar-refractivity contribution in [3.8, 4) is 0 Å². The van der Waals surface area contributed by atoms with Gasteiger partial charge in [0, 0.05) is 18.3 Å². The molecule has 90 valence electrons. The maximum Gasteiger partial charge on any atom is 0.250 e. The molecule has 1 fully saturated rings. The summed E-state index contributed by atoms with van der Waals surface area (Å²) in [7, 11) is -3.33. The number of hydrogen-bond acceptors (Lipinski definition) is 5. The summed E-state index contributed by atoms with van der Waals surface area (Å²) < 4.78 is 27.0. The Hall–Kier alpha value is -0.0800. The maximum absolute atomic E-state index is 12.0. The van der Waals surface area contributed by atoms with E-state index in [1.54, 1.807) is 23.2 Å². The Balaban J connectivity index is 2.11. The van der Waals surface area contributed by atoms with Gasteiger partial charge in [-0.1, -0.05) is 0 Å². The fourth-order valence-corrected chi connectivity index (χ4v) is 5.27. The lowest BCUT2D eigenvalue weighted by atomic mass is 10.3. The fraction of sp³-hybridized carbons (Fsp3) is 0.556. The minimum atomic E-state index is -3.33. The van der Waals surface area contributed by atoms with E-state index in [-0.39, 0.29) is 6.04 Å². The number of thiophene rings is 1. The molecule has 2 rings (SSSR count). The summed E-state index contributed by atoms with van der Waals surface area (Å²) in [5, 5.41) is 1.79. The molecule has 0 spiro atoms. The van der Waals surface area contributed by atoms with Gasteiger partial charge in [0.1, 0.15) is 4.21 Å². The van der Waals surface area contributed by atoms with Crippen molar-refractivity contribution in [1.29, 1.82) is 0 Å². The summed E-state index contributed by atoms with van der Waals surface area (Å²) in [6.07, 6.45) is 0.916. The quantitative estimate of drug-likeness (QED) is 0.861. The Bertz CT molecular complexity index is 449. The summed E-state index contributed by atoms with van der Waals surface area (Å²) in [4.78, 5) is 0. The van der Waals surface area contributed by atoms with Crippen LogP contribution in [-0.2, 0) is 16.6 Å². The van der Waals surface area contributed by atoms with Crippen molar-refractivity contribution < 1.29 is 8.42 Å². The standard InChI is InChI=1S/C9H14N2O2S3/c10-4-7-3-9(15-5-7)16(12,13)11-8-1-2-14-6-8/h3,5,8,11H,1-2,4,6,10H2. The van der Waals surface area contributed by atoms with E-state index in [1.807, 2.05) is 0 Å². The molecule has 0 radical (unpaired) electrons. The van der Waals surface area contributed by atoms with Gasteiger partial charge in [-0.15, -0.1) is 11.3 Å². The van der Waals surface area contributed by atoms with Crippen molar-refractivity contribution in [2.75, 3.05) is 11.5 Å². The van der Waals surface area contributed by atoms with E-state index < -0.39 is 10.0 Å². The van der Waals surface area contributed by atoms with Gasteiger partial charge >= 0.3 is 0 Å². The number of nitrogens with one attached hydrogen (secondary N) is 1. The van der Waals surface area contributed by atoms with Crippen LogP contribution in [0.2, 0.25) is 0 Å². The zero-order valence-corrected chi connectivity index (χ0v) is 11.1. The van der Waals surface area contributed by atoms with Crippen LogP contribution in [0.1, 0.15) is 12.0 Å². The summed E-state index contributed by atoms with van der Waals surface area (Å²) in [6, 6.07) is 1.73. The molecule has 0 bridgehead atoms. The summed E-state index contributed by atoms with van der Waals surface area (Å²) in [5.74, 6) is 1.90. The number of thioether (sulfide) groups is 1. The van der Waals surface area contributed by atoms with Gasteiger partial charge in [0.05, 0.1) is 0 Å². The molecule has 1 aromatic rings. The van der Waals surface area contributed by atoms with Crippen LogP contribution in [-0.4, -0.2) is 26.0 Å². The van der Waals surface area contributed by atoms with Gasteiger partial charge < -0.3 is 5.73 Å². The highest BCUT2D eigenvalue weighted by molar-refractivity contribution is 7.99. The average Bonchev–Trinajstić information content (AvgIpc) is 2.85. The van der Waals surface area contributed by atoms with Crippen LogP contribution >= 0.6 is 23.1 Å². The number of hydrogen-bond donors (Lipinski definition) is 2. The SMILES string of the molecule is NCc1csc(S(=O)(=O)NC2CCSC2)c1. The Morgan fingerprint density at radius 3 is 2.94 bits per heavy atom. The van der Waals surface area contributed by atoms with Crippen LogP contribution in [0.3, 0.4) is 0 Å². The molecule has 1 aromatic heterocycles. The van der Waals surface area contributed by atoms with E-state index in [0.717, 1.165) is 23.5 Å². The molecule has 1 aliphatic heterocycles. The molecular formula is C9H14N2O2S3. The highest BCUT2D eigenvalue weighted by Crippen LogP contribution is 2.23. The van der Waals surface area contributed by atoms with Crippen molar-refractivity contribution in [2.45, 2.75) is 23.2 Å². The molecule has 0 aliphatic carbocycles. The van der Waals surface area contributed by atoms with E-state index >= 15 is 0 Å². The minimum Gasteiger partial charge on any atom is -0.326 e. The van der Waals surface area contributed by atoms with E-state index in [2.05, 4.69) is 4.72 Å². The predicted octanol–water partition coefficient (Wildman–Crippen LogP) is 0.991. The van der Waals surface area contributed by atoms with Gasteiger partial charge in [0.15, 0.2) is 0 Å². The van der Waals surface area contributed by atoms with Gasteiger partial charge in [-0.05, 0) is 29.2 Å². The van der Waals surface area contributed by atoms with Crippen LogP contribution in [0.25, 0.3) is 0 Å². The number of nitrogens with two attached hydrogens (primary N) is 1. The van der Waals surface area contributed by atoms with E-state index in [0.29, 0.717) is 10.8 Å². The second-order valence-corrected chi connectivity index (χ2v) is 7.66. The van der Waals surface area contributed by atoms with Gasteiger partial charge in [0.2, 0.25) is 10.0 Å². The first kappa shape index (κ1) is 12.4. The highest BCUT2D eigenvalue weighted by Gasteiger charge is 2.24. The molecule has 7 heteroatoms. The molecule has 16 heavy (non-hydrogen) atoms. The van der Waals surface area contributed by atoms with Crippen LogP contribution in [0.5, 0.6) is 0 Å². The Labute approximate surface area is 104 Å². The Kier molecular flexibility index (Phi) is 3.91. The normalized spacial score (nSPS) is 21.4. The molecule has 0 saturated carbocycles. The topological polar surface area (TPSA) is 72.2 Å². The number of rotatable bonds is 4. The third kappa shape index (κ3) is 2.78. The molecule has 1 atom stereocenters. The third-order valence-electron chi connectivity index (χ3n) is 2.38. The smallest absolute Gasteiger partial charge is 0.250 e. The third-order valence-corrected chi connectivity index (χ3v) is 6.55. The second kappa shape index (κ2) is 5.05. The molecule has 2 heterocycles. The zero-order valence-electron chi connectivity index (χ0n) is 8.68. The van der Waals surface area contributed by atoms with E-state index in [9.17, 15) is 8.42 Å². The van der Waals surface area contributed by atoms with E-state index in [1.165, 1.54) is 11.3 Å². The van der Waals surface area contributed by atoms with Crippen molar-refractivity contribution in [1.82, 2.24) is 4.72 Å². The first-order chi connectivity index (χ1) is 7.62. The lowest BCUT2D eigenvalue weighted by Gasteiger charge is -2.10. The monoisotopic (exact) mass is 278 g/mol. The van der Waals surface area contributed by atoms with Crippen molar-refractivity contribution in [3.63, 3.8) is 0 Å². The summed E-state index contributed by atoms with van der Waals surface area (Å²) >= 11 is 3.01. The van der Waals surface area contributed by atoms with Gasteiger partial charge in [0.25, 0.3) is 0 Å². The van der Waals surface area contributed by atoms with Crippen LogP contribution < -0.4 is 10.5 Å². The molecule has 4 nitrogen and oxygen atoms in total. The van der Waals surface area contributed by atoms with Crippen molar-refractivity contribution in [3.05, 3.63) is 17.0 Å². The highest BCUT2D eigenvalue weighted by atomic mass is 32.2. The van der Waals surface area contributed by atoms with Gasteiger partial charge in [-0.25, -0.2) is 13.1 Å². The first-order valence-electron chi connectivity index (χ1n) is 4.99. The summed E-state index contributed by atoms with van der Waals surface area (Å²) in [6.45, 7) is 0.380. The van der Waals surface area contributed by atoms with Crippen LogP contribution in [0.15, 0.2) is 15.7 Å². The molecule has 3 N–H and O–H groups in total. The molecular weight excluding hydrogens is 264 g/mol. The lowest BCUT2D eigenvalue weighted by molar-refractivity contribution is 0.565. The first-order valence-corrected chi connectivity index (χ1v) is 8.51. The van der Waals surface area contributed by atoms with Crippen molar-refractivity contribution in [2.24, 2.45) is 5.73 Å². The van der Waals surface area contributed by atoms with Crippen LogP contribution in [0.4, 0.5) is 0 Å². The van der Waals surface area contributed by atoms with Gasteiger partial charge in [-0.2, -0.15) is 11.8 Å². The Morgan fingerprint density at radius 2 is 2.38 bits per heavy atom. The minimum absolute atomic E-state index is 0.0819. The molecule has 1 aliphatic rings. The maximum atomic E-state index is 12.0. The second-order valence-electron chi connectivity index (χ2n) is 3.66.